The average molecular weight is 331 g/mol. The number of benzene rings is 1. The summed E-state index contributed by atoms with van der Waals surface area (Å²) < 4.78 is 5.65. The van der Waals surface area contributed by atoms with Crippen molar-refractivity contribution in [1.29, 1.82) is 0 Å². The number of nitrogens with zero attached hydrogens (tertiary/aromatic N) is 1. The van der Waals surface area contributed by atoms with Gasteiger partial charge in [0.25, 0.3) is 0 Å². The third kappa shape index (κ3) is 6.32. The third-order valence-electron chi connectivity index (χ3n) is 3.26. The Kier molecular flexibility index (Phi) is 6.94. The lowest BCUT2D eigenvalue weighted by Gasteiger charge is -2.12. The Hall–Kier alpha value is -2.01. The molecule has 0 atom stereocenters. The Morgan fingerprint density at radius 3 is 2.52 bits per heavy atom. The van der Waals surface area contributed by atoms with E-state index in [9.17, 15) is 0 Å². The van der Waals surface area contributed by atoms with Crippen molar-refractivity contribution in [3.05, 3.63) is 52.2 Å². The number of rotatable bonds is 7. The van der Waals surface area contributed by atoms with E-state index in [0.717, 1.165) is 31.2 Å². The zero-order valence-electron chi connectivity index (χ0n) is 14.0. The molecule has 1 heterocycles. The Balaban J connectivity index is 1.72. The largest absolute Gasteiger partial charge is 0.491 e. The highest BCUT2D eigenvalue weighted by Gasteiger charge is 2.01. The first-order chi connectivity index (χ1) is 11.2. The van der Waals surface area contributed by atoms with Crippen molar-refractivity contribution in [2.75, 3.05) is 13.6 Å². The summed E-state index contributed by atoms with van der Waals surface area (Å²) in [7, 11) is 1.79. The molecule has 0 aliphatic carbocycles. The van der Waals surface area contributed by atoms with Crippen LogP contribution in [0, 0.1) is 0 Å². The van der Waals surface area contributed by atoms with Gasteiger partial charge in [-0.05, 0) is 60.4 Å². The van der Waals surface area contributed by atoms with Crippen LogP contribution in [0.2, 0.25) is 0 Å². The van der Waals surface area contributed by atoms with E-state index in [0.29, 0.717) is 0 Å². The Labute approximate surface area is 142 Å². The van der Waals surface area contributed by atoms with E-state index in [1.807, 2.05) is 26.0 Å². The molecule has 0 saturated heterocycles. The first-order valence-electron chi connectivity index (χ1n) is 7.88. The fourth-order valence-electron chi connectivity index (χ4n) is 2.13. The Bertz CT molecular complexity index is 591. The second-order valence-electron chi connectivity index (χ2n) is 5.54. The molecule has 0 fully saturated rings. The minimum atomic E-state index is 0.208. The van der Waals surface area contributed by atoms with Crippen molar-refractivity contribution < 1.29 is 4.74 Å². The fourth-order valence-corrected chi connectivity index (χ4v) is 2.80. The summed E-state index contributed by atoms with van der Waals surface area (Å²) in [6.07, 6.45) is 1.15. The topological polar surface area (TPSA) is 45.7 Å². The van der Waals surface area contributed by atoms with Gasteiger partial charge in [-0.1, -0.05) is 12.1 Å². The molecule has 0 saturated carbocycles. The van der Waals surface area contributed by atoms with E-state index in [4.69, 9.17) is 4.74 Å². The van der Waals surface area contributed by atoms with Crippen molar-refractivity contribution in [2.24, 2.45) is 4.99 Å². The molecule has 0 unspecified atom stereocenters. The number of hydrogen-bond donors (Lipinski definition) is 2. The summed E-state index contributed by atoms with van der Waals surface area (Å²) in [5, 5.41) is 10.9. The van der Waals surface area contributed by atoms with E-state index in [2.05, 4.69) is 44.6 Å². The number of aliphatic imine (C=N–C) groups is 1. The summed E-state index contributed by atoms with van der Waals surface area (Å²) in [6, 6.07) is 10.4. The minimum Gasteiger partial charge on any atom is -0.491 e. The highest BCUT2D eigenvalue weighted by Crippen LogP contribution is 2.13. The van der Waals surface area contributed by atoms with Crippen molar-refractivity contribution in [3.8, 4) is 5.75 Å². The van der Waals surface area contributed by atoms with Gasteiger partial charge in [0.2, 0.25) is 0 Å². The second-order valence-corrected chi connectivity index (χ2v) is 6.32. The molecule has 0 amide bonds. The molecule has 2 rings (SSSR count). The minimum absolute atomic E-state index is 0.208. The van der Waals surface area contributed by atoms with Crippen molar-refractivity contribution in [1.82, 2.24) is 10.6 Å². The van der Waals surface area contributed by atoms with Gasteiger partial charge >= 0.3 is 0 Å². The maximum Gasteiger partial charge on any atom is 0.191 e. The van der Waals surface area contributed by atoms with Gasteiger partial charge in [0.05, 0.1) is 6.10 Å². The second kappa shape index (κ2) is 9.20. The predicted molar refractivity (Wildman–Crippen MR) is 98.4 cm³/mol. The zero-order chi connectivity index (χ0) is 16.5. The highest BCUT2D eigenvalue weighted by atomic mass is 32.1. The van der Waals surface area contributed by atoms with Crippen LogP contribution in [0.25, 0.3) is 0 Å². The van der Waals surface area contributed by atoms with Crippen LogP contribution in [0.4, 0.5) is 0 Å². The number of nitrogens with one attached hydrogen (secondary N) is 2. The standard InChI is InChI=1S/C18H25N3OS/c1-14(2)22-17-6-4-15(5-7-17)8-10-20-18(19-3)21-12-16-9-11-23-13-16/h4-7,9,11,13-14H,8,10,12H2,1-3H3,(H2,19,20,21). The smallest absolute Gasteiger partial charge is 0.191 e. The average Bonchev–Trinajstić information content (AvgIpc) is 3.05. The number of ether oxygens (including phenoxy) is 1. The molecule has 0 aliphatic rings. The molecule has 0 bridgehead atoms. The first-order valence-corrected chi connectivity index (χ1v) is 8.83. The van der Waals surface area contributed by atoms with Crippen LogP contribution in [0.5, 0.6) is 5.75 Å². The molecule has 1 aromatic heterocycles. The van der Waals surface area contributed by atoms with Gasteiger partial charge in [-0.2, -0.15) is 11.3 Å². The van der Waals surface area contributed by atoms with Crippen LogP contribution in [-0.2, 0) is 13.0 Å². The lowest BCUT2D eigenvalue weighted by Crippen LogP contribution is -2.37. The van der Waals surface area contributed by atoms with Crippen LogP contribution in [0.15, 0.2) is 46.1 Å². The molecule has 2 N–H and O–H groups in total. The van der Waals surface area contributed by atoms with Gasteiger partial charge in [-0.25, -0.2) is 0 Å². The van der Waals surface area contributed by atoms with E-state index in [1.165, 1.54) is 11.1 Å². The molecule has 0 spiro atoms. The van der Waals surface area contributed by atoms with E-state index in [1.54, 1.807) is 18.4 Å². The molecule has 124 valence electrons. The Morgan fingerprint density at radius 1 is 1.13 bits per heavy atom. The van der Waals surface area contributed by atoms with Crippen LogP contribution >= 0.6 is 11.3 Å². The van der Waals surface area contributed by atoms with E-state index in [-0.39, 0.29) is 6.10 Å². The fraction of sp³-hybridized carbons (Fsp3) is 0.389. The van der Waals surface area contributed by atoms with Crippen LogP contribution < -0.4 is 15.4 Å². The molecule has 23 heavy (non-hydrogen) atoms. The summed E-state index contributed by atoms with van der Waals surface area (Å²) in [5.41, 5.74) is 2.56. The summed E-state index contributed by atoms with van der Waals surface area (Å²) in [5.74, 6) is 1.75. The van der Waals surface area contributed by atoms with Crippen molar-refractivity contribution >= 4 is 17.3 Å². The van der Waals surface area contributed by atoms with Crippen molar-refractivity contribution in [3.63, 3.8) is 0 Å². The van der Waals surface area contributed by atoms with Gasteiger partial charge in [0, 0.05) is 20.1 Å². The van der Waals surface area contributed by atoms with Gasteiger partial charge in [0.15, 0.2) is 5.96 Å². The van der Waals surface area contributed by atoms with Gasteiger partial charge < -0.3 is 15.4 Å². The highest BCUT2D eigenvalue weighted by molar-refractivity contribution is 7.07. The number of hydrogen-bond acceptors (Lipinski definition) is 3. The molecular formula is C18H25N3OS. The quantitative estimate of drug-likeness (QED) is 0.603. The predicted octanol–water partition coefficient (Wildman–Crippen LogP) is 3.44. The van der Waals surface area contributed by atoms with Crippen LogP contribution in [-0.4, -0.2) is 25.7 Å². The summed E-state index contributed by atoms with van der Waals surface area (Å²) in [4.78, 5) is 4.24. The summed E-state index contributed by atoms with van der Waals surface area (Å²) >= 11 is 1.71. The normalized spacial score (nSPS) is 11.6. The van der Waals surface area contributed by atoms with Gasteiger partial charge in [-0.15, -0.1) is 0 Å². The molecule has 0 radical (unpaired) electrons. The molecule has 5 heteroatoms. The van der Waals surface area contributed by atoms with E-state index < -0.39 is 0 Å². The SMILES string of the molecule is CN=C(NCCc1ccc(OC(C)C)cc1)NCc1ccsc1. The summed E-state index contributed by atoms with van der Waals surface area (Å²) in [6.45, 7) is 5.71. The van der Waals surface area contributed by atoms with Gasteiger partial charge in [-0.3, -0.25) is 4.99 Å². The first kappa shape index (κ1) is 17.3. The molecule has 4 nitrogen and oxygen atoms in total. The van der Waals surface area contributed by atoms with Crippen LogP contribution in [0.3, 0.4) is 0 Å². The maximum atomic E-state index is 5.65. The lowest BCUT2D eigenvalue weighted by molar-refractivity contribution is 0.242. The molecular weight excluding hydrogens is 306 g/mol. The molecule has 0 aliphatic heterocycles. The monoisotopic (exact) mass is 331 g/mol. The zero-order valence-corrected chi connectivity index (χ0v) is 14.8. The third-order valence-corrected chi connectivity index (χ3v) is 4.00. The molecule has 2 aromatic rings. The number of guanidine groups is 1. The van der Waals surface area contributed by atoms with E-state index >= 15 is 0 Å². The number of thiophene rings is 1. The van der Waals surface area contributed by atoms with Crippen molar-refractivity contribution in [2.45, 2.75) is 32.9 Å². The molecule has 1 aromatic carbocycles. The maximum absolute atomic E-state index is 5.65. The van der Waals surface area contributed by atoms with Crippen LogP contribution in [0.1, 0.15) is 25.0 Å². The Morgan fingerprint density at radius 2 is 1.91 bits per heavy atom. The lowest BCUT2D eigenvalue weighted by atomic mass is 10.1. The van der Waals surface area contributed by atoms with Gasteiger partial charge in [0.1, 0.15) is 5.75 Å².